The van der Waals surface area contributed by atoms with E-state index in [9.17, 15) is 4.79 Å². The Morgan fingerprint density at radius 2 is 2.14 bits per heavy atom. The third-order valence-corrected chi connectivity index (χ3v) is 5.08. The van der Waals surface area contributed by atoms with Crippen LogP contribution in [0.1, 0.15) is 45.4 Å². The topological polar surface area (TPSA) is 57.8 Å². The third-order valence-electron chi connectivity index (χ3n) is 5.08. The molecule has 1 aliphatic rings. The Morgan fingerprint density at radius 1 is 1.32 bits per heavy atom. The van der Waals surface area contributed by atoms with Crippen LogP contribution in [0.15, 0.2) is 24.3 Å². The normalized spacial score (nSPS) is 25.3. The Bertz CT molecular complexity index is 616. The molecule has 0 spiro atoms. The van der Waals surface area contributed by atoms with E-state index in [2.05, 4.69) is 29.1 Å². The fourth-order valence-electron chi connectivity index (χ4n) is 3.42. The first-order valence-corrected chi connectivity index (χ1v) is 8.36. The molecule has 0 radical (unpaired) electrons. The lowest BCUT2D eigenvalue weighted by Crippen LogP contribution is -2.43. The maximum atomic E-state index is 12.2. The molecule has 1 amide bonds. The van der Waals surface area contributed by atoms with Crippen molar-refractivity contribution in [3.8, 4) is 0 Å². The average Bonchev–Trinajstić information content (AvgIpc) is 2.93. The van der Waals surface area contributed by atoms with Gasteiger partial charge in [0.1, 0.15) is 5.82 Å². The van der Waals surface area contributed by atoms with Crippen LogP contribution in [0.4, 0.5) is 0 Å². The largest absolute Gasteiger partial charge is 0.353 e. The number of fused-ring (bicyclic) bond motifs is 1. The van der Waals surface area contributed by atoms with Gasteiger partial charge in [-0.2, -0.15) is 0 Å². The van der Waals surface area contributed by atoms with Crippen LogP contribution in [0.25, 0.3) is 11.0 Å². The van der Waals surface area contributed by atoms with Crippen molar-refractivity contribution < 1.29 is 4.79 Å². The number of aromatic amines is 1. The lowest BCUT2D eigenvalue weighted by molar-refractivity contribution is -0.122. The number of amides is 1. The van der Waals surface area contributed by atoms with Crippen LogP contribution in [0, 0.1) is 11.8 Å². The molecule has 1 heterocycles. The highest BCUT2D eigenvalue weighted by Gasteiger charge is 2.27. The number of hydrogen-bond acceptors (Lipinski definition) is 2. The fourth-order valence-corrected chi connectivity index (χ4v) is 3.42. The van der Waals surface area contributed by atoms with E-state index in [4.69, 9.17) is 0 Å². The number of nitrogens with one attached hydrogen (secondary N) is 2. The quantitative estimate of drug-likeness (QED) is 0.908. The van der Waals surface area contributed by atoms with Gasteiger partial charge in [-0.1, -0.05) is 38.8 Å². The molecule has 22 heavy (non-hydrogen) atoms. The van der Waals surface area contributed by atoms with Crippen molar-refractivity contribution in [3.63, 3.8) is 0 Å². The number of aromatic nitrogens is 2. The van der Waals surface area contributed by atoms with Crippen molar-refractivity contribution in [2.24, 2.45) is 11.8 Å². The first-order valence-electron chi connectivity index (χ1n) is 8.36. The van der Waals surface area contributed by atoms with Gasteiger partial charge >= 0.3 is 0 Å². The Hall–Kier alpha value is -1.84. The van der Waals surface area contributed by atoms with Gasteiger partial charge in [0.25, 0.3) is 0 Å². The van der Waals surface area contributed by atoms with Crippen molar-refractivity contribution in [3.05, 3.63) is 30.1 Å². The number of imidazole rings is 1. The van der Waals surface area contributed by atoms with Crippen molar-refractivity contribution in [2.75, 3.05) is 0 Å². The Labute approximate surface area is 131 Å². The number of nitrogens with zero attached hydrogens (tertiary/aromatic N) is 1. The van der Waals surface area contributed by atoms with Gasteiger partial charge < -0.3 is 10.3 Å². The molecule has 1 aromatic carbocycles. The van der Waals surface area contributed by atoms with Gasteiger partial charge in [0.05, 0.1) is 11.0 Å². The van der Waals surface area contributed by atoms with Gasteiger partial charge in [-0.25, -0.2) is 4.98 Å². The third kappa shape index (κ3) is 3.32. The summed E-state index contributed by atoms with van der Waals surface area (Å²) in [4.78, 5) is 20.0. The molecule has 1 fully saturated rings. The molecule has 0 aliphatic heterocycles. The SMILES string of the molecule is CC1CCCC(NC(=O)CCc2nc3ccccc3[nH]2)C1C. The number of para-hydroxylation sites is 2. The van der Waals surface area contributed by atoms with Crippen LogP contribution in [-0.4, -0.2) is 21.9 Å². The van der Waals surface area contributed by atoms with Crippen molar-refractivity contribution in [2.45, 2.75) is 52.0 Å². The summed E-state index contributed by atoms with van der Waals surface area (Å²) in [6, 6.07) is 8.30. The second kappa shape index (κ2) is 6.51. The summed E-state index contributed by atoms with van der Waals surface area (Å²) in [5.74, 6) is 2.31. The van der Waals surface area contributed by atoms with Gasteiger partial charge in [-0.3, -0.25) is 4.79 Å². The molecule has 2 N–H and O–H groups in total. The highest BCUT2D eigenvalue weighted by molar-refractivity contribution is 5.77. The summed E-state index contributed by atoms with van der Waals surface area (Å²) in [7, 11) is 0. The minimum absolute atomic E-state index is 0.145. The fraction of sp³-hybridized carbons (Fsp3) is 0.556. The van der Waals surface area contributed by atoms with E-state index < -0.39 is 0 Å². The van der Waals surface area contributed by atoms with E-state index in [1.54, 1.807) is 0 Å². The number of hydrogen-bond donors (Lipinski definition) is 2. The maximum Gasteiger partial charge on any atom is 0.220 e. The molecule has 3 rings (SSSR count). The first kappa shape index (κ1) is 15.1. The lowest BCUT2D eigenvalue weighted by Gasteiger charge is -2.34. The summed E-state index contributed by atoms with van der Waals surface area (Å²) in [6.07, 6.45) is 4.78. The monoisotopic (exact) mass is 299 g/mol. The molecule has 118 valence electrons. The zero-order chi connectivity index (χ0) is 15.5. The zero-order valence-electron chi connectivity index (χ0n) is 13.4. The number of rotatable bonds is 4. The molecule has 0 saturated heterocycles. The van der Waals surface area contributed by atoms with Crippen LogP contribution in [0.3, 0.4) is 0 Å². The van der Waals surface area contributed by atoms with Gasteiger partial charge in [-0.05, 0) is 30.4 Å². The van der Waals surface area contributed by atoms with Gasteiger partial charge in [0.2, 0.25) is 5.91 Å². The number of carbonyl (C=O) groups excluding carboxylic acids is 1. The molecule has 2 aromatic rings. The Morgan fingerprint density at radius 3 is 2.95 bits per heavy atom. The van der Waals surface area contributed by atoms with Crippen molar-refractivity contribution in [1.29, 1.82) is 0 Å². The lowest BCUT2D eigenvalue weighted by atomic mass is 9.78. The standard InChI is InChI=1S/C18H25N3O/c1-12-6-5-9-14(13(12)2)21-18(22)11-10-17-19-15-7-3-4-8-16(15)20-17/h3-4,7-8,12-14H,5-6,9-11H2,1-2H3,(H,19,20)(H,21,22). The second-order valence-electron chi connectivity index (χ2n) is 6.64. The second-order valence-corrected chi connectivity index (χ2v) is 6.64. The summed E-state index contributed by atoms with van der Waals surface area (Å²) in [6.45, 7) is 4.55. The van der Waals surface area contributed by atoms with Gasteiger partial charge in [0, 0.05) is 18.9 Å². The molecule has 0 bridgehead atoms. The number of benzene rings is 1. The molecule has 1 aliphatic carbocycles. The smallest absolute Gasteiger partial charge is 0.220 e. The van der Waals surface area contributed by atoms with E-state index in [-0.39, 0.29) is 5.91 Å². The molecular formula is C18H25N3O. The minimum Gasteiger partial charge on any atom is -0.353 e. The predicted molar refractivity (Wildman–Crippen MR) is 88.5 cm³/mol. The Kier molecular flexibility index (Phi) is 4.46. The molecule has 4 nitrogen and oxygen atoms in total. The van der Waals surface area contributed by atoms with E-state index in [1.807, 2.05) is 24.3 Å². The summed E-state index contributed by atoms with van der Waals surface area (Å²) in [5.41, 5.74) is 2.00. The molecule has 4 heteroatoms. The summed E-state index contributed by atoms with van der Waals surface area (Å²) in [5, 5.41) is 3.22. The molecule has 1 aromatic heterocycles. The van der Waals surface area contributed by atoms with Crippen LogP contribution >= 0.6 is 0 Å². The average molecular weight is 299 g/mol. The number of H-pyrrole nitrogens is 1. The van der Waals surface area contributed by atoms with Crippen LogP contribution < -0.4 is 5.32 Å². The first-order chi connectivity index (χ1) is 10.6. The predicted octanol–water partition coefficient (Wildman–Crippen LogP) is 3.44. The van der Waals surface area contributed by atoms with Gasteiger partial charge in [-0.15, -0.1) is 0 Å². The van der Waals surface area contributed by atoms with E-state index in [1.165, 1.54) is 12.8 Å². The highest BCUT2D eigenvalue weighted by Crippen LogP contribution is 2.29. The minimum atomic E-state index is 0.145. The molecular weight excluding hydrogens is 274 g/mol. The van der Waals surface area contributed by atoms with E-state index >= 15 is 0 Å². The summed E-state index contributed by atoms with van der Waals surface area (Å²) >= 11 is 0. The molecule has 1 saturated carbocycles. The summed E-state index contributed by atoms with van der Waals surface area (Å²) < 4.78 is 0. The van der Waals surface area contributed by atoms with Crippen LogP contribution in [0.5, 0.6) is 0 Å². The van der Waals surface area contributed by atoms with Crippen LogP contribution in [0.2, 0.25) is 0 Å². The van der Waals surface area contributed by atoms with E-state index in [0.29, 0.717) is 30.7 Å². The van der Waals surface area contributed by atoms with Crippen LogP contribution in [-0.2, 0) is 11.2 Å². The van der Waals surface area contributed by atoms with E-state index in [0.717, 1.165) is 23.3 Å². The number of carbonyl (C=O) groups is 1. The molecule has 3 unspecified atom stereocenters. The van der Waals surface area contributed by atoms with Crippen molar-refractivity contribution >= 4 is 16.9 Å². The van der Waals surface area contributed by atoms with Gasteiger partial charge in [0.15, 0.2) is 0 Å². The zero-order valence-corrected chi connectivity index (χ0v) is 13.4. The number of aryl methyl sites for hydroxylation is 1. The van der Waals surface area contributed by atoms with Crippen molar-refractivity contribution in [1.82, 2.24) is 15.3 Å². The maximum absolute atomic E-state index is 12.2. The Balaban J connectivity index is 1.53. The molecule has 3 atom stereocenters. The highest BCUT2D eigenvalue weighted by atomic mass is 16.1.